The van der Waals surface area contributed by atoms with Gasteiger partial charge in [-0.25, -0.2) is 4.98 Å². The van der Waals surface area contributed by atoms with Gasteiger partial charge >= 0.3 is 0 Å². The van der Waals surface area contributed by atoms with Gasteiger partial charge in [-0.3, -0.25) is 0 Å². The summed E-state index contributed by atoms with van der Waals surface area (Å²) in [5, 5.41) is 1.12. The van der Waals surface area contributed by atoms with Crippen LogP contribution < -0.4 is 0 Å². The smallest absolute Gasteiger partial charge is 0.130 e. The van der Waals surface area contributed by atoms with Gasteiger partial charge in [-0.1, -0.05) is 17.7 Å². The predicted octanol–water partition coefficient (Wildman–Crippen LogP) is 2.46. The van der Waals surface area contributed by atoms with E-state index in [1.165, 1.54) is 11.8 Å². The third-order valence-corrected chi connectivity index (χ3v) is 1.69. The van der Waals surface area contributed by atoms with E-state index in [1.807, 2.05) is 6.26 Å². The molecular formula is C6H6ClNS. The Balaban J connectivity index is 3.04. The molecule has 0 aliphatic rings. The number of hydrogen-bond donors (Lipinski definition) is 0. The second kappa shape index (κ2) is 3.08. The van der Waals surface area contributed by atoms with Crippen LogP contribution in [0.2, 0.25) is 5.15 Å². The highest BCUT2D eigenvalue weighted by Gasteiger charge is 1.89. The molecule has 0 unspecified atom stereocenters. The Hall–Kier alpha value is -0.210. The predicted molar refractivity (Wildman–Crippen MR) is 41.0 cm³/mol. The van der Waals surface area contributed by atoms with Crippen molar-refractivity contribution in [1.29, 1.82) is 0 Å². The molecule has 0 radical (unpaired) electrons. The minimum absolute atomic E-state index is 0.270. The van der Waals surface area contributed by atoms with Crippen LogP contribution >= 0.6 is 23.4 Å². The summed E-state index contributed by atoms with van der Waals surface area (Å²) < 4.78 is 7.19. The van der Waals surface area contributed by atoms with Crippen molar-refractivity contribution < 1.29 is 1.37 Å². The molecule has 0 saturated heterocycles. The minimum Gasteiger partial charge on any atom is -0.230 e. The van der Waals surface area contributed by atoms with Gasteiger partial charge in [0.2, 0.25) is 0 Å². The van der Waals surface area contributed by atoms with Crippen molar-refractivity contribution in [3.8, 4) is 0 Å². The quantitative estimate of drug-likeness (QED) is 0.463. The van der Waals surface area contributed by atoms with Crippen LogP contribution in [0.4, 0.5) is 0 Å². The summed E-state index contributed by atoms with van der Waals surface area (Å²) in [5.74, 6) is 0. The van der Waals surface area contributed by atoms with E-state index in [1.54, 1.807) is 12.1 Å². The van der Waals surface area contributed by atoms with Crippen LogP contribution in [0.25, 0.3) is 0 Å². The standard InChI is InChI=1S/C6H6ClNS/c1-9-6-4-2-3-5(7)8-6/h2-4H,1H3/i3D. The zero-order chi connectivity index (χ0) is 7.56. The SMILES string of the molecule is [2H]c1ccc(SC)nc1Cl. The summed E-state index contributed by atoms with van der Waals surface area (Å²) in [6.07, 6.45) is 1.92. The molecule has 1 heterocycles. The van der Waals surface area contributed by atoms with Gasteiger partial charge in [-0.2, -0.15) is 0 Å². The van der Waals surface area contributed by atoms with Crippen molar-refractivity contribution >= 4 is 23.4 Å². The van der Waals surface area contributed by atoms with E-state index in [-0.39, 0.29) is 11.2 Å². The largest absolute Gasteiger partial charge is 0.230 e. The number of pyridine rings is 1. The normalized spacial score (nSPS) is 11.1. The maximum Gasteiger partial charge on any atom is 0.130 e. The number of halogens is 1. The lowest BCUT2D eigenvalue weighted by Crippen LogP contribution is -1.76. The van der Waals surface area contributed by atoms with Crippen LogP contribution in [0.15, 0.2) is 23.2 Å². The topological polar surface area (TPSA) is 12.9 Å². The maximum atomic E-state index is 7.19. The van der Waals surface area contributed by atoms with Gasteiger partial charge in [0.25, 0.3) is 0 Å². The summed E-state index contributed by atoms with van der Waals surface area (Å²) in [6, 6.07) is 3.69. The summed E-state index contributed by atoms with van der Waals surface area (Å²) in [6.45, 7) is 0. The van der Waals surface area contributed by atoms with Crippen molar-refractivity contribution in [1.82, 2.24) is 4.98 Å². The van der Waals surface area contributed by atoms with E-state index < -0.39 is 0 Å². The van der Waals surface area contributed by atoms with Crippen molar-refractivity contribution in [2.75, 3.05) is 6.26 Å². The molecule has 1 aromatic rings. The van der Waals surface area contributed by atoms with Crippen molar-refractivity contribution in [2.45, 2.75) is 5.03 Å². The van der Waals surface area contributed by atoms with E-state index in [4.69, 9.17) is 13.0 Å². The van der Waals surface area contributed by atoms with E-state index in [9.17, 15) is 0 Å². The molecule has 48 valence electrons. The molecule has 0 spiro atoms. The lowest BCUT2D eigenvalue weighted by atomic mass is 10.5. The highest BCUT2D eigenvalue weighted by molar-refractivity contribution is 7.98. The molecule has 0 saturated carbocycles. The Morgan fingerprint density at radius 3 is 3.22 bits per heavy atom. The number of thioether (sulfide) groups is 1. The molecule has 0 aromatic carbocycles. The Morgan fingerprint density at radius 2 is 2.67 bits per heavy atom. The fourth-order valence-corrected chi connectivity index (χ4v) is 1.05. The lowest BCUT2D eigenvalue weighted by Gasteiger charge is -1.92. The van der Waals surface area contributed by atoms with Gasteiger partial charge in [0.05, 0.1) is 6.40 Å². The van der Waals surface area contributed by atoms with Crippen molar-refractivity contribution in [2.24, 2.45) is 0 Å². The first kappa shape index (κ1) is 5.57. The summed E-state index contributed by atoms with van der Waals surface area (Å²) in [4.78, 5) is 3.93. The molecular weight excluding hydrogens is 154 g/mol. The molecule has 0 aliphatic heterocycles. The van der Waals surface area contributed by atoms with Crippen LogP contribution in [-0.2, 0) is 0 Å². The van der Waals surface area contributed by atoms with E-state index in [0.717, 1.165) is 5.03 Å². The van der Waals surface area contributed by atoms with Crippen LogP contribution in [-0.4, -0.2) is 11.2 Å². The van der Waals surface area contributed by atoms with Gasteiger partial charge in [0.15, 0.2) is 0 Å². The van der Waals surface area contributed by atoms with Crippen LogP contribution in [0.1, 0.15) is 1.37 Å². The molecule has 1 rings (SSSR count). The lowest BCUT2D eigenvalue weighted by molar-refractivity contribution is 1.14. The Morgan fingerprint density at radius 1 is 1.89 bits per heavy atom. The first-order valence-corrected chi connectivity index (χ1v) is 4.01. The molecule has 0 bridgehead atoms. The second-order valence-corrected chi connectivity index (χ2v) is 2.61. The minimum atomic E-state index is 0.270. The first-order valence-electron chi connectivity index (χ1n) is 2.91. The van der Waals surface area contributed by atoms with E-state index >= 15 is 0 Å². The molecule has 0 amide bonds. The Bertz CT molecular complexity index is 241. The second-order valence-electron chi connectivity index (χ2n) is 1.42. The molecule has 3 heteroatoms. The fraction of sp³-hybridized carbons (Fsp3) is 0.167. The fourth-order valence-electron chi connectivity index (χ4n) is 0.462. The van der Waals surface area contributed by atoms with E-state index in [0.29, 0.717) is 0 Å². The number of nitrogens with zero attached hydrogens (tertiary/aromatic N) is 1. The molecule has 0 atom stereocenters. The van der Waals surface area contributed by atoms with Crippen molar-refractivity contribution in [3.63, 3.8) is 0 Å². The van der Waals surface area contributed by atoms with Crippen LogP contribution in [0.3, 0.4) is 0 Å². The maximum absolute atomic E-state index is 7.19. The zero-order valence-corrected chi connectivity index (χ0v) is 6.46. The Kier molecular flexibility index (Phi) is 1.91. The summed E-state index contributed by atoms with van der Waals surface area (Å²) in [5.41, 5.74) is 0. The molecule has 0 fully saturated rings. The van der Waals surface area contributed by atoms with Crippen molar-refractivity contribution in [3.05, 3.63) is 23.3 Å². The van der Waals surface area contributed by atoms with Crippen LogP contribution in [0.5, 0.6) is 0 Å². The van der Waals surface area contributed by atoms with Gasteiger partial charge < -0.3 is 0 Å². The zero-order valence-electron chi connectivity index (χ0n) is 5.89. The van der Waals surface area contributed by atoms with Crippen LogP contribution in [0, 0.1) is 0 Å². The molecule has 1 nitrogen and oxygen atoms in total. The summed E-state index contributed by atoms with van der Waals surface area (Å²) in [7, 11) is 0. The highest BCUT2D eigenvalue weighted by Crippen LogP contribution is 2.13. The number of rotatable bonds is 1. The molecule has 0 N–H and O–H groups in total. The molecule has 1 aromatic heterocycles. The van der Waals surface area contributed by atoms with E-state index in [2.05, 4.69) is 4.98 Å². The Labute approximate surface area is 64.8 Å². The third-order valence-electron chi connectivity index (χ3n) is 0.846. The van der Waals surface area contributed by atoms with Gasteiger partial charge in [-0.15, -0.1) is 11.8 Å². The average molecular weight is 161 g/mol. The monoisotopic (exact) mass is 160 g/mol. The highest BCUT2D eigenvalue weighted by atomic mass is 35.5. The van der Waals surface area contributed by atoms with Gasteiger partial charge in [-0.05, 0) is 18.4 Å². The summed E-state index contributed by atoms with van der Waals surface area (Å²) >= 11 is 7.09. The molecule has 9 heavy (non-hydrogen) atoms. The molecule has 0 aliphatic carbocycles. The van der Waals surface area contributed by atoms with Gasteiger partial charge in [0.1, 0.15) is 5.15 Å². The number of aromatic nitrogens is 1. The average Bonchev–Trinajstić information content (AvgIpc) is 1.95. The number of hydrogen-bond acceptors (Lipinski definition) is 2. The van der Waals surface area contributed by atoms with Gasteiger partial charge in [0, 0.05) is 0 Å². The first-order chi connectivity index (χ1) is 4.74. The third kappa shape index (κ3) is 1.88.